The van der Waals surface area contributed by atoms with Crippen LogP contribution < -0.4 is 15.1 Å². The lowest BCUT2D eigenvalue weighted by molar-refractivity contribution is -0.120. The van der Waals surface area contributed by atoms with Crippen molar-refractivity contribution in [1.82, 2.24) is 5.32 Å². The molecule has 0 atom stereocenters. The lowest BCUT2D eigenvalue weighted by atomic mass is 10.1. The molecule has 142 valence electrons. The van der Waals surface area contributed by atoms with E-state index in [1.165, 1.54) is 16.0 Å². The number of ether oxygens (including phenoxy) is 1. The standard InChI is InChI=1S/C20H22ClN3O3/c1-23-17-10-6-9-16(21)18(17)24(14-7-4-3-5-8-14)20(26)15(19(23)25)13-22-11-12-27-2/h4,6-10,13,22H,3,5,11-12H2,1-2H3/b15-13-. The Morgan fingerprint density at radius 3 is 2.78 bits per heavy atom. The Labute approximate surface area is 163 Å². The zero-order chi connectivity index (χ0) is 19.4. The summed E-state index contributed by atoms with van der Waals surface area (Å²) in [6.45, 7) is 0.951. The number of halogens is 1. The third kappa shape index (κ3) is 3.77. The van der Waals surface area contributed by atoms with E-state index in [0.29, 0.717) is 35.2 Å². The number of fused-ring (bicyclic) bond motifs is 1. The van der Waals surface area contributed by atoms with Crippen molar-refractivity contribution in [3.05, 3.63) is 58.9 Å². The third-order valence-electron chi connectivity index (χ3n) is 4.45. The molecule has 0 bridgehead atoms. The number of hydrogen-bond donors (Lipinski definition) is 1. The number of para-hydroxylation sites is 1. The Bertz CT molecular complexity index is 845. The third-order valence-corrected chi connectivity index (χ3v) is 4.75. The van der Waals surface area contributed by atoms with Crippen molar-refractivity contribution in [2.45, 2.75) is 12.8 Å². The van der Waals surface area contributed by atoms with Gasteiger partial charge in [-0.05, 0) is 31.1 Å². The molecule has 1 heterocycles. The highest BCUT2D eigenvalue weighted by molar-refractivity contribution is 6.38. The number of amides is 2. The number of likely N-dealkylation sites (N-methyl/N-ethyl adjacent to an activating group) is 1. The van der Waals surface area contributed by atoms with E-state index in [9.17, 15) is 9.59 Å². The van der Waals surface area contributed by atoms with Crippen LogP contribution in [0, 0.1) is 0 Å². The second-order valence-corrected chi connectivity index (χ2v) is 6.63. The van der Waals surface area contributed by atoms with Gasteiger partial charge in [0.1, 0.15) is 5.57 Å². The molecule has 0 radical (unpaired) electrons. The Morgan fingerprint density at radius 1 is 1.26 bits per heavy atom. The minimum Gasteiger partial charge on any atom is -0.388 e. The van der Waals surface area contributed by atoms with Crippen molar-refractivity contribution in [3.63, 3.8) is 0 Å². The smallest absolute Gasteiger partial charge is 0.270 e. The van der Waals surface area contributed by atoms with Crippen LogP contribution in [0.5, 0.6) is 0 Å². The van der Waals surface area contributed by atoms with Crippen LogP contribution in [-0.4, -0.2) is 39.1 Å². The van der Waals surface area contributed by atoms with Crippen molar-refractivity contribution in [2.24, 2.45) is 0 Å². The molecule has 1 aromatic rings. The molecule has 0 saturated heterocycles. The summed E-state index contributed by atoms with van der Waals surface area (Å²) in [7, 11) is 3.23. The maximum Gasteiger partial charge on any atom is 0.270 e. The molecule has 6 nitrogen and oxygen atoms in total. The number of carbonyl (C=O) groups is 2. The van der Waals surface area contributed by atoms with Gasteiger partial charge in [-0.25, -0.2) is 0 Å². The molecule has 1 N–H and O–H groups in total. The van der Waals surface area contributed by atoms with Gasteiger partial charge in [0.15, 0.2) is 0 Å². The van der Waals surface area contributed by atoms with Crippen LogP contribution in [0.3, 0.4) is 0 Å². The SMILES string of the molecule is COCCN/C=C1/C(=O)N(C)c2cccc(Cl)c2N(C2=CCCC=C2)C1=O. The molecule has 0 aromatic heterocycles. The van der Waals surface area contributed by atoms with Gasteiger partial charge < -0.3 is 15.0 Å². The van der Waals surface area contributed by atoms with Gasteiger partial charge in [0.25, 0.3) is 11.8 Å². The number of allylic oxidation sites excluding steroid dienone is 3. The number of nitrogens with one attached hydrogen (secondary N) is 1. The number of nitrogens with zero attached hydrogens (tertiary/aromatic N) is 2. The zero-order valence-electron chi connectivity index (χ0n) is 15.4. The molecule has 2 aliphatic rings. The molecule has 1 aliphatic carbocycles. The number of anilines is 2. The second kappa shape index (κ2) is 8.41. The highest BCUT2D eigenvalue weighted by Gasteiger charge is 2.37. The van der Waals surface area contributed by atoms with E-state index < -0.39 is 11.8 Å². The summed E-state index contributed by atoms with van der Waals surface area (Å²) in [5.41, 5.74) is 1.85. The summed E-state index contributed by atoms with van der Waals surface area (Å²) in [5.74, 6) is -0.808. The number of methoxy groups -OCH3 is 1. The van der Waals surface area contributed by atoms with Crippen LogP contribution in [-0.2, 0) is 14.3 Å². The average Bonchev–Trinajstić information content (AvgIpc) is 2.76. The molecule has 27 heavy (non-hydrogen) atoms. The molecule has 0 saturated carbocycles. The van der Waals surface area contributed by atoms with Crippen LogP contribution >= 0.6 is 11.6 Å². The Kier molecular flexibility index (Phi) is 5.98. The predicted octanol–water partition coefficient (Wildman–Crippen LogP) is 3.00. The molecule has 0 unspecified atom stereocenters. The fourth-order valence-electron chi connectivity index (χ4n) is 3.07. The first-order chi connectivity index (χ1) is 13.1. The van der Waals surface area contributed by atoms with Crippen molar-refractivity contribution >= 4 is 34.8 Å². The van der Waals surface area contributed by atoms with Crippen molar-refractivity contribution in [3.8, 4) is 0 Å². The van der Waals surface area contributed by atoms with Gasteiger partial charge in [-0.3, -0.25) is 14.5 Å². The van der Waals surface area contributed by atoms with Crippen LogP contribution in [0.4, 0.5) is 11.4 Å². The molecule has 3 rings (SSSR count). The average molecular weight is 388 g/mol. The number of hydrogen-bond acceptors (Lipinski definition) is 4. The summed E-state index contributed by atoms with van der Waals surface area (Å²) in [6, 6.07) is 5.27. The molecule has 2 amide bonds. The first-order valence-electron chi connectivity index (χ1n) is 8.76. The predicted molar refractivity (Wildman–Crippen MR) is 107 cm³/mol. The molecule has 7 heteroatoms. The van der Waals surface area contributed by atoms with E-state index >= 15 is 0 Å². The molecular weight excluding hydrogens is 366 g/mol. The van der Waals surface area contributed by atoms with Crippen molar-refractivity contribution < 1.29 is 14.3 Å². The minimum atomic E-state index is -0.415. The summed E-state index contributed by atoms with van der Waals surface area (Å²) in [4.78, 5) is 29.3. The topological polar surface area (TPSA) is 61.9 Å². The molecule has 0 spiro atoms. The lowest BCUT2D eigenvalue weighted by Crippen LogP contribution is -2.35. The van der Waals surface area contributed by atoms with Gasteiger partial charge in [0.05, 0.1) is 23.0 Å². The second-order valence-electron chi connectivity index (χ2n) is 6.23. The summed E-state index contributed by atoms with van der Waals surface area (Å²) < 4.78 is 5.00. The quantitative estimate of drug-likeness (QED) is 0.479. The van der Waals surface area contributed by atoms with E-state index in [1.807, 2.05) is 18.2 Å². The van der Waals surface area contributed by atoms with Gasteiger partial charge in [-0.2, -0.15) is 0 Å². The van der Waals surface area contributed by atoms with E-state index in [4.69, 9.17) is 16.3 Å². The zero-order valence-corrected chi connectivity index (χ0v) is 16.1. The Morgan fingerprint density at radius 2 is 2.07 bits per heavy atom. The Hall–Kier alpha value is -2.57. The van der Waals surface area contributed by atoms with E-state index in [2.05, 4.69) is 5.32 Å². The van der Waals surface area contributed by atoms with Crippen molar-refractivity contribution in [2.75, 3.05) is 37.1 Å². The number of benzene rings is 1. The lowest BCUT2D eigenvalue weighted by Gasteiger charge is -2.26. The molecule has 1 aromatic carbocycles. The van der Waals surface area contributed by atoms with Gasteiger partial charge in [-0.15, -0.1) is 0 Å². The van der Waals surface area contributed by atoms with Gasteiger partial charge >= 0.3 is 0 Å². The van der Waals surface area contributed by atoms with Crippen LogP contribution in [0.15, 0.2) is 53.9 Å². The van der Waals surface area contributed by atoms with Crippen LogP contribution in [0.1, 0.15) is 12.8 Å². The van der Waals surface area contributed by atoms with Crippen LogP contribution in [0.25, 0.3) is 0 Å². The first-order valence-corrected chi connectivity index (χ1v) is 9.14. The van der Waals surface area contributed by atoms with Gasteiger partial charge in [0, 0.05) is 32.6 Å². The highest BCUT2D eigenvalue weighted by atomic mass is 35.5. The molecule has 0 fully saturated rings. The molecule has 1 aliphatic heterocycles. The molecular formula is C20H22ClN3O3. The van der Waals surface area contributed by atoms with Gasteiger partial charge in [-0.1, -0.05) is 29.8 Å². The maximum atomic E-state index is 13.4. The van der Waals surface area contributed by atoms with Crippen LogP contribution in [0.2, 0.25) is 5.02 Å². The van der Waals surface area contributed by atoms with Gasteiger partial charge in [0.2, 0.25) is 0 Å². The summed E-state index contributed by atoms with van der Waals surface area (Å²) in [5, 5.41) is 3.39. The number of carbonyl (C=O) groups excluding carboxylic acids is 2. The van der Waals surface area contributed by atoms with Crippen molar-refractivity contribution in [1.29, 1.82) is 0 Å². The highest BCUT2D eigenvalue weighted by Crippen LogP contribution is 2.41. The Balaban J connectivity index is 2.12. The largest absolute Gasteiger partial charge is 0.388 e. The van der Waals surface area contributed by atoms with E-state index in [0.717, 1.165) is 12.8 Å². The normalized spacial score (nSPS) is 18.5. The van der Waals surface area contributed by atoms with E-state index in [-0.39, 0.29) is 5.57 Å². The minimum absolute atomic E-state index is 0.0424. The van der Waals surface area contributed by atoms with E-state index in [1.54, 1.807) is 32.4 Å². The maximum absolute atomic E-state index is 13.4. The summed E-state index contributed by atoms with van der Waals surface area (Å²) in [6.07, 6.45) is 9.08. The first kappa shape index (κ1) is 19.2. The fraction of sp³-hybridized carbons (Fsp3) is 0.300. The summed E-state index contributed by atoms with van der Waals surface area (Å²) >= 11 is 6.47. The fourth-order valence-corrected chi connectivity index (χ4v) is 3.32. The monoisotopic (exact) mass is 387 g/mol. The number of rotatable bonds is 5.